The second-order valence-corrected chi connectivity index (χ2v) is 9.14. The van der Waals surface area contributed by atoms with E-state index in [1.54, 1.807) is 29.1 Å². The van der Waals surface area contributed by atoms with Crippen LogP contribution >= 0.6 is 0 Å². The molecule has 31 heavy (non-hydrogen) atoms. The Morgan fingerprint density at radius 3 is 2.68 bits per heavy atom. The molecule has 1 aliphatic heterocycles. The minimum absolute atomic E-state index is 0.0187. The van der Waals surface area contributed by atoms with Crippen molar-refractivity contribution in [2.24, 2.45) is 0 Å². The van der Waals surface area contributed by atoms with E-state index in [1.165, 1.54) is 16.8 Å². The highest BCUT2D eigenvalue weighted by atomic mass is 32.2. The van der Waals surface area contributed by atoms with Gasteiger partial charge in [-0.3, -0.25) is 9.55 Å². The molecule has 0 radical (unpaired) electrons. The van der Waals surface area contributed by atoms with E-state index in [2.05, 4.69) is 14.8 Å². The van der Waals surface area contributed by atoms with Crippen LogP contribution in [0, 0.1) is 0 Å². The first kappa shape index (κ1) is 19.8. The zero-order chi connectivity index (χ0) is 21.4. The second kappa shape index (κ2) is 7.82. The zero-order valence-corrected chi connectivity index (χ0v) is 17.4. The molecule has 3 aromatic rings. The van der Waals surface area contributed by atoms with Gasteiger partial charge in [0.05, 0.1) is 11.4 Å². The highest BCUT2D eigenvalue weighted by Crippen LogP contribution is 2.36. The predicted octanol–water partition coefficient (Wildman–Crippen LogP) is 1.19. The fourth-order valence-corrected chi connectivity index (χ4v) is 4.52. The molecule has 0 bridgehead atoms. The number of pyridine rings is 1. The van der Waals surface area contributed by atoms with Gasteiger partial charge in [-0.25, -0.2) is 22.6 Å². The monoisotopic (exact) mass is 443 g/mol. The molecule has 1 fully saturated rings. The van der Waals surface area contributed by atoms with Crippen molar-refractivity contribution in [3.05, 3.63) is 53.2 Å². The van der Waals surface area contributed by atoms with Crippen LogP contribution in [0.25, 0.3) is 11.4 Å². The fourth-order valence-electron chi connectivity index (χ4n) is 3.48. The lowest BCUT2D eigenvalue weighted by atomic mass is 10.3. The van der Waals surface area contributed by atoms with Gasteiger partial charge in [0.2, 0.25) is 10.0 Å². The minimum Gasteiger partial charge on any atom is -0.486 e. The molecule has 2 aromatic heterocycles. The molecule has 0 amide bonds. The normalized spacial score (nSPS) is 15.7. The number of nitrogens with zero attached hydrogens (tertiary/aromatic N) is 4. The highest BCUT2D eigenvalue weighted by molar-refractivity contribution is 7.89. The van der Waals surface area contributed by atoms with Gasteiger partial charge < -0.3 is 9.47 Å². The summed E-state index contributed by atoms with van der Waals surface area (Å²) in [6, 6.07) is 8.24. The van der Waals surface area contributed by atoms with Crippen LogP contribution in [0.5, 0.6) is 11.5 Å². The average Bonchev–Trinajstić information content (AvgIpc) is 3.57. The van der Waals surface area contributed by atoms with Gasteiger partial charge in [-0.15, -0.1) is 5.10 Å². The van der Waals surface area contributed by atoms with Gasteiger partial charge in [0.1, 0.15) is 13.2 Å². The summed E-state index contributed by atoms with van der Waals surface area (Å²) in [7, 11) is -3.78. The average molecular weight is 443 g/mol. The lowest BCUT2D eigenvalue weighted by Gasteiger charge is -2.18. The SMILES string of the molecule is O=c1n(CCNS(=O)(=O)c2ccc3c(c2)OCCO3)nc(-c2cccnc2)n1C1CC1. The molecule has 1 saturated carbocycles. The molecule has 3 heterocycles. The number of fused-ring (bicyclic) bond motifs is 1. The topological polar surface area (TPSA) is 117 Å². The quantitative estimate of drug-likeness (QED) is 0.583. The van der Waals surface area contributed by atoms with E-state index in [-0.39, 0.29) is 29.7 Å². The fraction of sp³-hybridized carbons (Fsp3) is 0.350. The van der Waals surface area contributed by atoms with Gasteiger partial charge in [0, 0.05) is 36.6 Å². The number of nitrogens with one attached hydrogen (secondary N) is 1. The van der Waals surface area contributed by atoms with Crippen molar-refractivity contribution in [1.29, 1.82) is 0 Å². The van der Waals surface area contributed by atoms with E-state index in [9.17, 15) is 13.2 Å². The molecule has 0 saturated heterocycles. The molecule has 0 unspecified atom stereocenters. The number of benzene rings is 1. The van der Waals surface area contributed by atoms with E-state index < -0.39 is 10.0 Å². The number of aromatic nitrogens is 4. The standard InChI is InChI=1S/C20H21N5O5S/c26-20-24(23-19(25(20)15-3-4-15)14-2-1-7-21-13-14)9-8-22-31(27,28)16-5-6-17-18(12-16)30-11-10-29-17/h1-2,5-7,12-13,15,22H,3-4,8-11H2. The summed E-state index contributed by atoms with van der Waals surface area (Å²) in [5.41, 5.74) is 0.502. The van der Waals surface area contributed by atoms with Crippen LogP contribution in [0.2, 0.25) is 0 Å². The molecule has 1 aromatic carbocycles. The number of rotatable bonds is 7. The Kier molecular flexibility index (Phi) is 4.98. The van der Waals surface area contributed by atoms with Gasteiger partial charge in [-0.2, -0.15) is 0 Å². The van der Waals surface area contributed by atoms with E-state index in [0.29, 0.717) is 30.5 Å². The van der Waals surface area contributed by atoms with Crippen LogP contribution in [0.1, 0.15) is 18.9 Å². The lowest BCUT2D eigenvalue weighted by Crippen LogP contribution is -2.32. The van der Waals surface area contributed by atoms with Gasteiger partial charge in [-0.05, 0) is 37.1 Å². The van der Waals surface area contributed by atoms with Gasteiger partial charge >= 0.3 is 5.69 Å². The predicted molar refractivity (Wildman–Crippen MR) is 111 cm³/mol. The third kappa shape index (κ3) is 3.93. The van der Waals surface area contributed by atoms with Crippen LogP contribution < -0.4 is 19.9 Å². The van der Waals surface area contributed by atoms with Gasteiger partial charge in [-0.1, -0.05) is 0 Å². The summed E-state index contributed by atoms with van der Waals surface area (Å²) in [6.07, 6.45) is 5.17. The van der Waals surface area contributed by atoms with Crippen LogP contribution in [0.15, 0.2) is 52.4 Å². The number of hydrogen-bond donors (Lipinski definition) is 1. The van der Waals surface area contributed by atoms with Crippen molar-refractivity contribution in [3.63, 3.8) is 0 Å². The Hall–Kier alpha value is -3.18. The maximum atomic E-state index is 12.9. The molecule has 162 valence electrons. The summed E-state index contributed by atoms with van der Waals surface area (Å²) >= 11 is 0. The molecule has 1 aliphatic carbocycles. The first-order valence-corrected chi connectivity index (χ1v) is 11.5. The molecular weight excluding hydrogens is 422 g/mol. The maximum absolute atomic E-state index is 12.9. The Balaban J connectivity index is 1.33. The van der Waals surface area contributed by atoms with Gasteiger partial charge in [0.15, 0.2) is 17.3 Å². The number of ether oxygens (including phenoxy) is 2. The molecule has 10 nitrogen and oxygen atoms in total. The Labute approximate surface area is 178 Å². The Bertz CT molecular complexity index is 1260. The summed E-state index contributed by atoms with van der Waals surface area (Å²) in [6.45, 7) is 0.927. The van der Waals surface area contributed by atoms with Crippen molar-refractivity contribution in [3.8, 4) is 22.9 Å². The summed E-state index contributed by atoms with van der Waals surface area (Å²) in [5.74, 6) is 1.47. The molecule has 0 spiro atoms. The van der Waals surface area contributed by atoms with E-state index in [0.717, 1.165) is 18.4 Å². The Morgan fingerprint density at radius 2 is 1.94 bits per heavy atom. The van der Waals surface area contributed by atoms with Crippen molar-refractivity contribution in [2.75, 3.05) is 19.8 Å². The van der Waals surface area contributed by atoms with Crippen LogP contribution in [-0.2, 0) is 16.6 Å². The maximum Gasteiger partial charge on any atom is 0.346 e. The summed E-state index contributed by atoms with van der Waals surface area (Å²) in [5, 5.41) is 4.45. The van der Waals surface area contributed by atoms with Crippen molar-refractivity contribution in [1.82, 2.24) is 24.1 Å². The second-order valence-electron chi connectivity index (χ2n) is 7.38. The lowest BCUT2D eigenvalue weighted by molar-refractivity contribution is 0.171. The van der Waals surface area contributed by atoms with Crippen LogP contribution in [0.3, 0.4) is 0 Å². The van der Waals surface area contributed by atoms with E-state index in [4.69, 9.17) is 9.47 Å². The third-order valence-electron chi connectivity index (χ3n) is 5.14. The zero-order valence-electron chi connectivity index (χ0n) is 16.6. The minimum atomic E-state index is -3.78. The number of hydrogen-bond acceptors (Lipinski definition) is 7. The van der Waals surface area contributed by atoms with Crippen molar-refractivity contribution < 1.29 is 17.9 Å². The van der Waals surface area contributed by atoms with Gasteiger partial charge in [0.25, 0.3) is 0 Å². The highest BCUT2D eigenvalue weighted by Gasteiger charge is 2.30. The molecule has 2 aliphatic rings. The Morgan fingerprint density at radius 1 is 1.13 bits per heavy atom. The first-order valence-electron chi connectivity index (χ1n) is 10.0. The third-order valence-corrected chi connectivity index (χ3v) is 6.60. The molecule has 5 rings (SSSR count). The van der Waals surface area contributed by atoms with E-state index in [1.807, 2.05) is 6.07 Å². The largest absolute Gasteiger partial charge is 0.486 e. The smallest absolute Gasteiger partial charge is 0.346 e. The van der Waals surface area contributed by atoms with Crippen molar-refractivity contribution >= 4 is 10.0 Å². The molecule has 1 N–H and O–H groups in total. The molecule has 11 heteroatoms. The van der Waals surface area contributed by atoms with E-state index >= 15 is 0 Å². The summed E-state index contributed by atoms with van der Waals surface area (Å²) in [4.78, 5) is 17.0. The number of sulfonamides is 1. The van der Waals surface area contributed by atoms with Crippen molar-refractivity contribution in [2.45, 2.75) is 30.3 Å². The summed E-state index contributed by atoms with van der Waals surface area (Å²) < 4.78 is 41.7. The molecule has 0 atom stereocenters. The first-order chi connectivity index (χ1) is 15.0. The van der Waals surface area contributed by atoms with Crippen LogP contribution in [0.4, 0.5) is 0 Å². The van der Waals surface area contributed by atoms with Crippen LogP contribution in [-0.4, -0.2) is 47.5 Å². The molecular formula is C20H21N5O5S.